The number of aryl methyl sites for hydroxylation is 1. The lowest BCUT2D eigenvalue weighted by molar-refractivity contribution is -0.158. The number of benzene rings is 1. The van der Waals surface area contributed by atoms with Crippen molar-refractivity contribution in [3.63, 3.8) is 0 Å². The van der Waals surface area contributed by atoms with Gasteiger partial charge in [-0.1, -0.05) is 55.5 Å². The predicted octanol–water partition coefficient (Wildman–Crippen LogP) is 5.45. The smallest absolute Gasteiger partial charge is 0.332 e. The van der Waals surface area contributed by atoms with Gasteiger partial charge >= 0.3 is 5.97 Å². The van der Waals surface area contributed by atoms with E-state index >= 15 is 0 Å². The first-order valence-corrected chi connectivity index (χ1v) is 16.5. The highest BCUT2D eigenvalue weighted by Crippen LogP contribution is 2.39. The molecular weight excluding hydrogens is 600 g/mol. The number of methoxy groups -OCH3 is 1. The highest BCUT2D eigenvalue weighted by Gasteiger charge is 2.54. The first-order valence-electron chi connectivity index (χ1n) is 16.5. The van der Waals surface area contributed by atoms with Gasteiger partial charge in [0.25, 0.3) is 0 Å². The Bertz CT molecular complexity index is 1450. The zero-order valence-electron chi connectivity index (χ0n) is 27.5. The molecule has 0 saturated heterocycles. The molecule has 10 heteroatoms. The van der Waals surface area contributed by atoms with Gasteiger partial charge in [-0.3, -0.25) is 9.59 Å². The molecule has 1 aliphatic heterocycles. The van der Waals surface area contributed by atoms with Gasteiger partial charge in [0.05, 0.1) is 24.3 Å². The number of anilines is 1. The molecule has 1 fully saturated rings. The van der Waals surface area contributed by atoms with Gasteiger partial charge in [0, 0.05) is 31.1 Å². The lowest BCUT2D eigenvalue weighted by atomic mass is 9.90. The maximum absolute atomic E-state index is 13.5. The Balaban J connectivity index is 1.55. The summed E-state index contributed by atoms with van der Waals surface area (Å²) >= 11 is 0. The van der Waals surface area contributed by atoms with E-state index in [1.165, 1.54) is 19.2 Å². The number of nitrogens with one attached hydrogen (secondary N) is 2. The minimum Gasteiger partial charge on any atom is -0.508 e. The topological polar surface area (TPSA) is 154 Å². The van der Waals surface area contributed by atoms with Crippen molar-refractivity contribution in [1.82, 2.24) is 5.32 Å². The van der Waals surface area contributed by atoms with Crippen molar-refractivity contribution in [3.05, 3.63) is 77.5 Å². The molecule has 10 nitrogen and oxygen atoms in total. The number of aliphatic hydroxyl groups is 1. The van der Waals surface area contributed by atoms with Gasteiger partial charge in [-0.05, 0) is 75.5 Å². The van der Waals surface area contributed by atoms with Crippen molar-refractivity contribution in [1.29, 1.82) is 0 Å². The molecule has 0 spiro atoms. The van der Waals surface area contributed by atoms with Crippen LogP contribution in [-0.2, 0) is 30.3 Å². The average molecular weight is 649 g/mol. The number of allylic oxidation sites excluding steroid dienone is 6. The van der Waals surface area contributed by atoms with Crippen molar-refractivity contribution in [2.45, 2.75) is 102 Å². The number of carbonyl (C=O) groups excluding carboxylic acids is 3. The number of hydrogen-bond donors (Lipinski definition) is 5. The van der Waals surface area contributed by atoms with E-state index in [4.69, 9.17) is 9.47 Å². The minimum atomic E-state index is -1.04. The second-order valence-corrected chi connectivity index (χ2v) is 12.7. The van der Waals surface area contributed by atoms with Crippen LogP contribution in [0.1, 0.15) is 77.2 Å². The molecule has 5 N–H and O–H groups in total. The van der Waals surface area contributed by atoms with E-state index in [0.29, 0.717) is 49.7 Å². The summed E-state index contributed by atoms with van der Waals surface area (Å²) in [4.78, 5) is 39.1. The highest BCUT2D eigenvalue weighted by molar-refractivity contribution is 5.99. The molecule has 2 bridgehead atoms. The van der Waals surface area contributed by atoms with Crippen LogP contribution in [0.2, 0.25) is 0 Å². The molecule has 0 aromatic heterocycles. The molecule has 4 unspecified atom stereocenters. The normalized spacial score (nSPS) is 28.6. The van der Waals surface area contributed by atoms with Gasteiger partial charge in [-0.25, -0.2) is 4.79 Å². The fourth-order valence-corrected chi connectivity index (χ4v) is 5.85. The van der Waals surface area contributed by atoms with Gasteiger partial charge < -0.3 is 35.4 Å². The van der Waals surface area contributed by atoms with Crippen molar-refractivity contribution >= 4 is 23.5 Å². The van der Waals surface area contributed by atoms with Gasteiger partial charge in [0.1, 0.15) is 23.1 Å². The standard InChI is InChI=1S/C37H48N2O8/c1-24-13-12-16-27-21-28(40)22-30(34(27)43)38-32(41)23-29(46-3)17-10-5-4-6-11-18-31(25(2)33(24)42)47-36(45)37(19-20-37)39-35(44)26-14-8-7-9-15-26/h4-6,10-11,13-14,17,21-22,25,29,31,33,40,42-43H,7-9,12,15-16,18-20,23H2,1-3H3,(H,38,41)(H,39,44)/b5-4-,11-6-,17-10-,24-13-. The molecule has 2 amide bonds. The number of hydrogen-bond acceptors (Lipinski definition) is 8. The van der Waals surface area contributed by atoms with Crippen LogP contribution in [-0.4, -0.2) is 64.1 Å². The molecule has 1 heterocycles. The molecule has 47 heavy (non-hydrogen) atoms. The number of carbonyl (C=O) groups is 3. The summed E-state index contributed by atoms with van der Waals surface area (Å²) in [6.45, 7) is 3.62. The molecule has 254 valence electrons. The third-order valence-electron chi connectivity index (χ3n) is 9.07. The SMILES string of the molecule is COC1\C=C/C=C\C=C/CC(OC(=O)C2(NC(=O)C3=CCCCC3)CC2)C(C)C(O)/C(C)=C\CCc2cc(O)cc(c2O)NC(=O)C1. The summed E-state index contributed by atoms with van der Waals surface area (Å²) in [5.41, 5.74) is 0.868. The Kier molecular flexibility index (Phi) is 12.6. The zero-order valence-corrected chi connectivity index (χ0v) is 27.5. The third-order valence-corrected chi connectivity index (χ3v) is 9.07. The largest absolute Gasteiger partial charge is 0.508 e. The van der Waals surface area contributed by atoms with Crippen LogP contribution in [0.25, 0.3) is 0 Å². The second kappa shape index (κ2) is 16.6. The van der Waals surface area contributed by atoms with E-state index in [1.54, 1.807) is 31.2 Å². The fraction of sp³-hybridized carbons (Fsp3) is 0.486. The Morgan fingerprint density at radius 2 is 1.79 bits per heavy atom. The number of fused-ring (bicyclic) bond motifs is 2. The van der Waals surface area contributed by atoms with Crippen LogP contribution in [0.15, 0.2) is 71.9 Å². The summed E-state index contributed by atoms with van der Waals surface area (Å²) in [5.74, 6) is -1.83. The summed E-state index contributed by atoms with van der Waals surface area (Å²) in [6, 6.07) is 2.73. The van der Waals surface area contributed by atoms with Crippen molar-refractivity contribution in [3.8, 4) is 11.5 Å². The van der Waals surface area contributed by atoms with Crippen LogP contribution in [0.3, 0.4) is 0 Å². The Morgan fingerprint density at radius 1 is 1.02 bits per heavy atom. The minimum absolute atomic E-state index is 0.00852. The fourth-order valence-electron chi connectivity index (χ4n) is 5.85. The average Bonchev–Trinajstić information content (AvgIpc) is 3.84. The summed E-state index contributed by atoms with van der Waals surface area (Å²) in [7, 11) is 1.49. The van der Waals surface area contributed by atoms with Crippen LogP contribution >= 0.6 is 0 Å². The molecular formula is C37H48N2O8. The maximum Gasteiger partial charge on any atom is 0.332 e. The Labute approximate surface area is 276 Å². The zero-order chi connectivity index (χ0) is 34.0. The quantitative estimate of drug-likeness (QED) is 0.122. The monoisotopic (exact) mass is 648 g/mol. The molecule has 1 aromatic rings. The second-order valence-electron chi connectivity index (χ2n) is 12.7. The molecule has 3 aliphatic rings. The Morgan fingerprint density at radius 3 is 2.49 bits per heavy atom. The molecule has 4 atom stereocenters. The van der Waals surface area contributed by atoms with Crippen molar-refractivity contribution < 1.29 is 39.2 Å². The van der Waals surface area contributed by atoms with Gasteiger partial charge in [0.15, 0.2) is 0 Å². The first-order chi connectivity index (χ1) is 22.5. The van der Waals surface area contributed by atoms with Gasteiger partial charge in [0.2, 0.25) is 11.8 Å². The number of rotatable bonds is 5. The number of aliphatic hydroxyl groups excluding tert-OH is 1. The van der Waals surface area contributed by atoms with Gasteiger partial charge in [-0.2, -0.15) is 0 Å². The number of aromatic hydroxyl groups is 2. The molecule has 1 aromatic carbocycles. The molecule has 4 rings (SSSR count). The summed E-state index contributed by atoms with van der Waals surface area (Å²) < 4.78 is 11.5. The number of ether oxygens (including phenoxy) is 2. The predicted molar refractivity (Wildman–Crippen MR) is 180 cm³/mol. The van der Waals surface area contributed by atoms with Crippen molar-refractivity contribution in [2.75, 3.05) is 12.4 Å². The lowest BCUT2D eigenvalue weighted by Crippen LogP contribution is -2.47. The maximum atomic E-state index is 13.5. The molecule has 1 saturated carbocycles. The van der Waals surface area contributed by atoms with Gasteiger partial charge in [-0.15, -0.1) is 0 Å². The molecule has 2 aliphatic carbocycles. The van der Waals surface area contributed by atoms with Crippen LogP contribution in [0.4, 0.5) is 5.69 Å². The van der Waals surface area contributed by atoms with E-state index in [1.807, 2.05) is 31.2 Å². The highest BCUT2D eigenvalue weighted by atomic mass is 16.5. The van der Waals surface area contributed by atoms with E-state index in [0.717, 1.165) is 24.8 Å². The number of phenols is 2. The van der Waals surface area contributed by atoms with E-state index in [-0.39, 0.29) is 29.5 Å². The first kappa shape index (κ1) is 35.7. The number of phenolic OH excluding ortho intramolecular Hbond substituents is 2. The van der Waals surface area contributed by atoms with E-state index in [2.05, 4.69) is 10.6 Å². The van der Waals surface area contributed by atoms with Crippen LogP contribution in [0, 0.1) is 5.92 Å². The van der Waals surface area contributed by atoms with Crippen LogP contribution < -0.4 is 10.6 Å². The lowest BCUT2D eigenvalue weighted by Gasteiger charge is -2.30. The molecule has 0 radical (unpaired) electrons. The Hall–Kier alpha value is -4.15. The van der Waals surface area contributed by atoms with Crippen molar-refractivity contribution in [2.24, 2.45) is 5.92 Å². The number of esters is 1. The summed E-state index contributed by atoms with van der Waals surface area (Å²) in [6.07, 6.45) is 18.0. The summed E-state index contributed by atoms with van der Waals surface area (Å²) in [5, 5.41) is 38.1. The third kappa shape index (κ3) is 9.92. The van der Waals surface area contributed by atoms with E-state index in [9.17, 15) is 29.7 Å². The van der Waals surface area contributed by atoms with Crippen LogP contribution in [0.5, 0.6) is 11.5 Å². The number of amides is 2. The van der Waals surface area contributed by atoms with E-state index < -0.39 is 41.6 Å².